The number of unbranched alkanes of at least 4 members (excludes halogenated alkanes) is 22. The summed E-state index contributed by atoms with van der Waals surface area (Å²) in [6.07, 6.45) is 40.5. The van der Waals surface area contributed by atoms with Crippen molar-refractivity contribution in [1.82, 2.24) is 4.90 Å². The maximum atomic E-state index is 2.93. The maximum Gasteiger partial charge on any atom is 0.00952 e. The predicted molar refractivity (Wildman–Crippen MR) is 167 cm³/mol. The molecule has 1 atom stereocenters. The molecule has 1 heteroatoms. The summed E-state index contributed by atoms with van der Waals surface area (Å²) in [5.74, 6) is 0. The van der Waals surface area contributed by atoms with Crippen LogP contribution in [-0.4, -0.2) is 24.0 Å². The zero-order valence-electron chi connectivity index (χ0n) is 26.2. The van der Waals surface area contributed by atoms with Crippen LogP contribution < -0.4 is 0 Å². The Morgan fingerprint density at radius 2 is 0.611 bits per heavy atom. The van der Waals surface area contributed by atoms with Gasteiger partial charge in [0.25, 0.3) is 0 Å². The highest BCUT2D eigenvalue weighted by Crippen LogP contribution is 2.21. The van der Waals surface area contributed by atoms with E-state index in [0.717, 1.165) is 6.04 Å². The third-order valence-electron chi connectivity index (χ3n) is 8.36. The molecule has 0 spiro atoms. The Morgan fingerprint density at radius 1 is 0.306 bits per heavy atom. The van der Waals surface area contributed by atoms with E-state index >= 15 is 0 Å². The highest BCUT2D eigenvalue weighted by atomic mass is 15.1. The summed E-state index contributed by atoms with van der Waals surface area (Å²) in [5, 5.41) is 0. The SMILES string of the molecule is CCCCCCCCCCCCC(CCCCCCCCC)N(CCC)CCCCCCCCCC. The summed E-state index contributed by atoms with van der Waals surface area (Å²) in [6, 6.07) is 0.860. The van der Waals surface area contributed by atoms with Gasteiger partial charge in [0.05, 0.1) is 0 Å². The fourth-order valence-electron chi connectivity index (χ4n) is 5.93. The Bertz CT molecular complexity index is 379. The minimum atomic E-state index is 0.860. The lowest BCUT2D eigenvalue weighted by molar-refractivity contribution is 0.166. The molecule has 0 amide bonds. The predicted octanol–water partition coefficient (Wildman–Crippen LogP) is 12.7. The molecule has 0 aromatic carbocycles. The smallest absolute Gasteiger partial charge is 0.00952 e. The van der Waals surface area contributed by atoms with E-state index in [1.54, 1.807) is 0 Å². The van der Waals surface area contributed by atoms with Crippen molar-refractivity contribution in [3.63, 3.8) is 0 Å². The van der Waals surface area contributed by atoms with E-state index < -0.39 is 0 Å². The molecule has 0 saturated carbocycles. The number of nitrogens with zero attached hydrogens (tertiary/aromatic N) is 1. The van der Waals surface area contributed by atoms with Crippen molar-refractivity contribution in [2.45, 2.75) is 214 Å². The summed E-state index contributed by atoms with van der Waals surface area (Å²) < 4.78 is 0. The van der Waals surface area contributed by atoms with Gasteiger partial charge in [0.1, 0.15) is 0 Å². The fraction of sp³-hybridized carbons (Fsp3) is 1.00. The largest absolute Gasteiger partial charge is 0.300 e. The molecule has 0 radical (unpaired) electrons. The second kappa shape index (κ2) is 31.2. The highest BCUT2D eigenvalue weighted by Gasteiger charge is 2.17. The van der Waals surface area contributed by atoms with Gasteiger partial charge in [0.15, 0.2) is 0 Å². The van der Waals surface area contributed by atoms with Crippen LogP contribution >= 0.6 is 0 Å². The molecule has 0 fully saturated rings. The van der Waals surface area contributed by atoms with E-state index in [1.807, 2.05) is 0 Å². The van der Waals surface area contributed by atoms with Gasteiger partial charge in [-0.15, -0.1) is 0 Å². The third kappa shape index (κ3) is 25.6. The van der Waals surface area contributed by atoms with Crippen molar-refractivity contribution >= 4 is 0 Å². The molecule has 0 heterocycles. The lowest BCUT2D eigenvalue weighted by Gasteiger charge is -2.32. The molecule has 0 aromatic rings. The van der Waals surface area contributed by atoms with Gasteiger partial charge in [-0.3, -0.25) is 0 Å². The quantitative estimate of drug-likeness (QED) is 0.0843. The standard InChI is InChI=1S/C35H73N/c1-5-9-12-15-18-20-21-23-26-29-32-35(31-28-25-22-17-14-11-7-3)36(33-8-4)34-30-27-24-19-16-13-10-6-2/h35H,5-34H2,1-4H3. The van der Waals surface area contributed by atoms with Crippen molar-refractivity contribution in [1.29, 1.82) is 0 Å². The average Bonchev–Trinajstić information content (AvgIpc) is 2.89. The first kappa shape index (κ1) is 36.0. The van der Waals surface area contributed by atoms with E-state index in [-0.39, 0.29) is 0 Å². The number of hydrogen-bond donors (Lipinski definition) is 0. The first-order valence-corrected chi connectivity index (χ1v) is 17.5. The molecular formula is C35H73N. The van der Waals surface area contributed by atoms with Gasteiger partial charge < -0.3 is 4.90 Å². The van der Waals surface area contributed by atoms with Crippen molar-refractivity contribution in [3.8, 4) is 0 Å². The normalized spacial score (nSPS) is 12.6. The summed E-state index contributed by atoms with van der Waals surface area (Å²) >= 11 is 0. The summed E-state index contributed by atoms with van der Waals surface area (Å²) in [4.78, 5) is 2.93. The monoisotopic (exact) mass is 508 g/mol. The Morgan fingerprint density at radius 3 is 0.944 bits per heavy atom. The van der Waals surface area contributed by atoms with E-state index in [2.05, 4.69) is 32.6 Å². The third-order valence-corrected chi connectivity index (χ3v) is 8.36. The van der Waals surface area contributed by atoms with Crippen LogP contribution in [-0.2, 0) is 0 Å². The van der Waals surface area contributed by atoms with Gasteiger partial charge in [-0.1, -0.05) is 182 Å². The molecule has 0 aromatic heterocycles. The first-order valence-electron chi connectivity index (χ1n) is 17.5. The van der Waals surface area contributed by atoms with Crippen LogP contribution in [0, 0.1) is 0 Å². The van der Waals surface area contributed by atoms with Crippen LogP contribution in [0.4, 0.5) is 0 Å². The van der Waals surface area contributed by atoms with E-state index in [1.165, 1.54) is 193 Å². The molecule has 0 bridgehead atoms. The summed E-state index contributed by atoms with van der Waals surface area (Å²) in [7, 11) is 0. The molecule has 0 saturated heterocycles. The van der Waals surface area contributed by atoms with Crippen molar-refractivity contribution < 1.29 is 0 Å². The molecule has 0 aliphatic heterocycles. The second-order valence-corrected chi connectivity index (χ2v) is 12.0. The van der Waals surface area contributed by atoms with Crippen LogP contribution in [0.5, 0.6) is 0 Å². The van der Waals surface area contributed by atoms with E-state index in [9.17, 15) is 0 Å². The van der Waals surface area contributed by atoms with Crippen LogP contribution in [0.3, 0.4) is 0 Å². The summed E-state index contributed by atoms with van der Waals surface area (Å²) in [6.45, 7) is 12.1. The molecule has 0 rings (SSSR count). The minimum Gasteiger partial charge on any atom is -0.300 e. The second-order valence-electron chi connectivity index (χ2n) is 12.0. The van der Waals surface area contributed by atoms with Crippen molar-refractivity contribution in [2.24, 2.45) is 0 Å². The minimum absolute atomic E-state index is 0.860. The van der Waals surface area contributed by atoms with Gasteiger partial charge in [-0.05, 0) is 38.8 Å². The van der Waals surface area contributed by atoms with Crippen molar-refractivity contribution in [3.05, 3.63) is 0 Å². The lowest BCUT2D eigenvalue weighted by atomic mass is 9.97. The molecule has 1 nitrogen and oxygen atoms in total. The van der Waals surface area contributed by atoms with Crippen molar-refractivity contribution in [2.75, 3.05) is 13.1 Å². The number of rotatable bonds is 31. The average molecular weight is 508 g/mol. The van der Waals surface area contributed by atoms with E-state index in [4.69, 9.17) is 0 Å². The Hall–Kier alpha value is -0.0400. The lowest BCUT2D eigenvalue weighted by Crippen LogP contribution is -2.37. The van der Waals surface area contributed by atoms with Gasteiger partial charge in [0.2, 0.25) is 0 Å². The van der Waals surface area contributed by atoms with Gasteiger partial charge >= 0.3 is 0 Å². The molecule has 36 heavy (non-hydrogen) atoms. The molecule has 0 aliphatic rings. The van der Waals surface area contributed by atoms with Gasteiger partial charge in [-0.25, -0.2) is 0 Å². The fourth-order valence-corrected chi connectivity index (χ4v) is 5.93. The molecule has 1 unspecified atom stereocenters. The van der Waals surface area contributed by atoms with Crippen LogP contribution in [0.1, 0.15) is 207 Å². The zero-order valence-corrected chi connectivity index (χ0v) is 26.2. The maximum absolute atomic E-state index is 2.93. The van der Waals surface area contributed by atoms with Gasteiger partial charge in [0, 0.05) is 6.04 Å². The molecular weight excluding hydrogens is 434 g/mol. The molecule has 218 valence electrons. The Kier molecular flexibility index (Phi) is 31.1. The summed E-state index contributed by atoms with van der Waals surface area (Å²) in [5.41, 5.74) is 0. The first-order chi connectivity index (χ1) is 17.8. The zero-order chi connectivity index (χ0) is 26.4. The van der Waals surface area contributed by atoms with Crippen LogP contribution in [0.2, 0.25) is 0 Å². The molecule has 0 aliphatic carbocycles. The van der Waals surface area contributed by atoms with Crippen LogP contribution in [0.15, 0.2) is 0 Å². The molecule has 0 N–H and O–H groups in total. The topological polar surface area (TPSA) is 3.24 Å². The number of hydrogen-bond acceptors (Lipinski definition) is 1. The Balaban J connectivity index is 4.31. The highest BCUT2D eigenvalue weighted by molar-refractivity contribution is 4.73. The van der Waals surface area contributed by atoms with Crippen LogP contribution in [0.25, 0.3) is 0 Å². The Labute approximate surface area is 231 Å². The van der Waals surface area contributed by atoms with Gasteiger partial charge in [-0.2, -0.15) is 0 Å². The van der Waals surface area contributed by atoms with E-state index in [0.29, 0.717) is 0 Å².